The molecular weight excluding hydrogens is 229 g/mol. The number of halogens is 1. The van der Waals surface area contributed by atoms with Crippen LogP contribution in [0.5, 0.6) is 0 Å². The summed E-state index contributed by atoms with van der Waals surface area (Å²) in [6.45, 7) is 7.52. The van der Waals surface area contributed by atoms with Crippen LogP contribution in [0.2, 0.25) is 0 Å². The lowest BCUT2D eigenvalue weighted by molar-refractivity contribution is 0.212. The average molecular weight is 253 g/mol. The van der Waals surface area contributed by atoms with Gasteiger partial charge < -0.3 is 10.2 Å². The minimum atomic E-state index is -0.291. The topological polar surface area (TPSA) is 28.2 Å². The fourth-order valence-electron chi connectivity index (χ4n) is 2.07. The van der Waals surface area contributed by atoms with Gasteiger partial charge in [-0.2, -0.15) is 0 Å². The molecule has 1 rings (SSSR count). The van der Waals surface area contributed by atoms with Crippen LogP contribution in [0.4, 0.5) is 4.39 Å². The van der Waals surface area contributed by atoms with Gasteiger partial charge in [-0.1, -0.05) is 6.92 Å². The third-order valence-electron chi connectivity index (χ3n) is 3.41. The lowest BCUT2D eigenvalue weighted by Gasteiger charge is -2.29. The van der Waals surface area contributed by atoms with Gasteiger partial charge in [0.05, 0.1) is 17.9 Å². The minimum Gasteiger partial charge on any atom is -0.311 e. The standard InChI is InChI=1S/C14H24FN3/c1-10(2)18(5)9-11(3)14(16-4)13-7-6-12(15)8-17-13/h6-8,10-11,14,16H,9H2,1-5H3. The monoisotopic (exact) mass is 253 g/mol. The number of hydrogen-bond acceptors (Lipinski definition) is 3. The molecule has 0 bridgehead atoms. The van der Waals surface area contributed by atoms with Crippen LogP contribution in [0, 0.1) is 11.7 Å². The molecule has 2 atom stereocenters. The Morgan fingerprint density at radius 1 is 1.33 bits per heavy atom. The second-order valence-electron chi connectivity index (χ2n) is 5.18. The first-order valence-electron chi connectivity index (χ1n) is 6.44. The van der Waals surface area contributed by atoms with E-state index in [9.17, 15) is 4.39 Å². The molecule has 0 saturated carbocycles. The maximum Gasteiger partial charge on any atom is 0.141 e. The molecule has 0 aliphatic carbocycles. The first kappa shape index (κ1) is 15.1. The summed E-state index contributed by atoms with van der Waals surface area (Å²) in [7, 11) is 4.04. The van der Waals surface area contributed by atoms with E-state index in [4.69, 9.17) is 0 Å². The van der Waals surface area contributed by atoms with Crippen molar-refractivity contribution in [2.24, 2.45) is 5.92 Å². The van der Waals surface area contributed by atoms with Gasteiger partial charge in [0.2, 0.25) is 0 Å². The Morgan fingerprint density at radius 2 is 2.00 bits per heavy atom. The Bertz CT molecular complexity index is 351. The van der Waals surface area contributed by atoms with E-state index in [1.165, 1.54) is 12.3 Å². The summed E-state index contributed by atoms with van der Waals surface area (Å²) < 4.78 is 12.9. The Morgan fingerprint density at radius 3 is 2.44 bits per heavy atom. The quantitative estimate of drug-likeness (QED) is 0.844. The zero-order chi connectivity index (χ0) is 13.7. The molecule has 4 heteroatoms. The molecule has 0 aliphatic rings. The molecular formula is C14H24FN3. The van der Waals surface area contributed by atoms with Gasteiger partial charge >= 0.3 is 0 Å². The number of hydrogen-bond donors (Lipinski definition) is 1. The Labute approximate surface area is 109 Å². The summed E-state index contributed by atoms with van der Waals surface area (Å²) in [5, 5.41) is 3.27. The van der Waals surface area contributed by atoms with Gasteiger partial charge in [0, 0.05) is 12.6 Å². The van der Waals surface area contributed by atoms with Gasteiger partial charge in [-0.15, -0.1) is 0 Å². The molecule has 1 N–H and O–H groups in total. The van der Waals surface area contributed by atoms with Gasteiger partial charge in [-0.3, -0.25) is 4.98 Å². The highest BCUT2D eigenvalue weighted by Crippen LogP contribution is 2.21. The van der Waals surface area contributed by atoms with Gasteiger partial charge in [-0.25, -0.2) is 4.39 Å². The van der Waals surface area contributed by atoms with E-state index < -0.39 is 0 Å². The van der Waals surface area contributed by atoms with E-state index in [-0.39, 0.29) is 11.9 Å². The summed E-state index contributed by atoms with van der Waals surface area (Å²) >= 11 is 0. The average Bonchev–Trinajstić information content (AvgIpc) is 2.32. The number of nitrogens with one attached hydrogen (secondary N) is 1. The first-order valence-corrected chi connectivity index (χ1v) is 6.44. The molecule has 18 heavy (non-hydrogen) atoms. The van der Waals surface area contributed by atoms with Crippen molar-refractivity contribution in [3.63, 3.8) is 0 Å². The zero-order valence-corrected chi connectivity index (χ0v) is 11.9. The fourth-order valence-corrected chi connectivity index (χ4v) is 2.07. The second-order valence-corrected chi connectivity index (χ2v) is 5.18. The lowest BCUT2D eigenvalue weighted by Crippen LogP contribution is -2.36. The van der Waals surface area contributed by atoms with Crippen molar-refractivity contribution < 1.29 is 4.39 Å². The van der Waals surface area contributed by atoms with Crippen LogP contribution in [0.15, 0.2) is 18.3 Å². The highest BCUT2D eigenvalue weighted by atomic mass is 19.1. The van der Waals surface area contributed by atoms with Crippen molar-refractivity contribution in [1.82, 2.24) is 15.2 Å². The van der Waals surface area contributed by atoms with Crippen LogP contribution in [0.3, 0.4) is 0 Å². The van der Waals surface area contributed by atoms with E-state index in [1.54, 1.807) is 6.07 Å². The summed E-state index contributed by atoms with van der Waals surface area (Å²) in [6, 6.07) is 3.88. The molecule has 1 aromatic rings. The van der Waals surface area contributed by atoms with E-state index in [2.05, 4.69) is 43.0 Å². The van der Waals surface area contributed by atoms with Crippen molar-refractivity contribution in [2.75, 3.05) is 20.6 Å². The number of nitrogens with zero attached hydrogens (tertiary/aromatic N) is 2. The Hall–Kier alpha value is -1.00. The van der Waals surface area contributed by atoms with Crippen LogP contribution >= 0.6 is 0 Å². The van der Waals surface area contributed by atoms with Crippen LogP contribution in [0.25, 0.3) is 0 Å². The largest absolute Gasteiger partial charge is 0.311 e. The van der Waals surface area contributed by atoms with Crippen molar-refractivity contribution in [3.05, 3.63) is 29.8 Å². The van der Waals surface area contributed by atoms with E-state index >= 15 is 0 Å². The molecule has 0 spiro atoms. The second kappa shape index (κ2) is 6.81. The molecule has 102 valence electrons. The molecule has 0 saturated heterocycles. The Kier molecular flexibility index (Phi) is 5.69. The van der Waals surface area contributed by atoms with E-state index in [1.807, 2.05) is 7.05 Å². The van der Waals surface area contributed by atoms with Gasteiger partial charge in [-0.05, 0) is 46.0 Å². The SMILES string of the molecule is CNC(c1ccc(F)cn1)C(C)CN(C)C(C)C. The smallest absolute Gasteiger partial charge is 0.141 e. The maximum atomic E-state index is 12.9. The van der Waals surface area contributed by atoms with Crippen LogP contribution in [0.1, 0.15) is 32.5 Å². The van der Waals surface area contributed by atoms with Gasteiger partial charge in [0.1, 0.15) is 5.82 Å². The lowest BCUT2D eigenvalue weighted by atomic mass is 9.97. The molecule has 2 unspecified atom stereocenters. The molecule has 3 nitrogen and oxygen atoms in total. The Balaban J connectivity index is 2.73. The molecule has 0 fully saturated rings. The highest BCUT2D eigenvalue weighted by Gasteiger charge is 2.20. The summed E-state index contributed by atoms with van der Waals surface area (Å²) in [4.78, 5) is 6.47. The van der Waals surface area contributed by atoms with Crippen LogP contribution in [-0.2, 0) is 0 Å². The highest BCUT2D eigenvalue weighted by molar-refractivity contribution is 5.10. The summed E-state index contributed by atoms with van der Waals surface area (Å²) in [6.07, 6.45) is 1.28. The molecule has 1 aromatic heterocycles. The predicted molar refractivity (Wildman–Crippen MR) is 72.9 cm³/mol. The van der Waals surface area contributed by atoms with Crippen LogP contribution < -0.4 is 5.32 Å². The summed E-state index contributed by atoms with van der Waals surface area (Å²) in [5.41, 5.74) is 0.892. The van der Waals surface area contributed by atoms with Crippen molar-refractivity contribution >= 4 is 0 Å². The van der Waals surface area contributed by atoms with E-state index in [0.29, 0.717) is 12.0 Å². The minimum absolute atomic E-state index is 0.145. The molecule has 0 aromatic carbocycles. The third-order valence-corrected chi connectivity index (χ3v) is 3.41. The third kappa shape index (κ3) is 4.03. The fraction of sp³-hybridized carbons (Fsp3) is 0.643. The molecule has 0 amide bonds. The van der Waals surface area contributed by atoms with Crippen molar-refractivity contribution in [2.45, 2.75) is 32.9 Å². The van der Waals surface area contributed by atoms with Crippen LogP contribution in [-0.4, -0.2) is 36.6 Å². The van der Waals surface area contributed by atoms with E-state index in [0.717, 1.165) is 12.2 Å². The molecule has 0 radical (unpaired) electrons. The normalized spacial score (nSPS) is 15.1. The van der Waals surface area contributed by atoms with Gasteiger partial charge in [0.15, 0.2) is 0 Å². The molecule has 1 heterocycles. The first-order chi connectivity index (χ1) is 8.45. The van der Waals surface area contributed by atoms with Crippen molar-refractivity contribution in [1.29, 1.82) is 0 Å². The van der Waals surface area contributed by atoms with Crippen molar-refractivity contribution in [3.8, 4) is 0 Å². The zero-order valence-electron chi connectivity index (χ0n) is 11.9. The number of aromatic nitrogens is 1. The number of rotatable bonds is 6. The maximum absolute atomic E-state index is 12.9. The van der Waals surface area contributed by atoms with Gasteiger partial charge in [0.25, 0.3) is 0 Å². The summed E-state index contributed by atoms with van der Waals surface area (Å²) in [5.74, 6) is 0.112. The molecule has 0 aliphatic heterocycles. The number of pyridine rings is 1. The predicted octanol–water partition coefficient (Wildman–Crippen LogP) is 2.46.